The van der Waals surface area contributed by atoms with E-state index in [9.17, 15) is 14.4 Å². The van der Waals surface area contributed by atoms with Crippen LogP contribution in [0.15, 0.2) is 64.9 Å². The largest absolute Gasteiger partial charge is 0.324 e. The summed E-state index contributed by atoms with van der Waals surface area (Å²) in [6.07, 6.45) is 0. The van der Waals surface area contributed by atoms with Crippen LogP contribution in [0.1, 0.15) is 5.56 Å². The zero-order chi connectivity index (χ0) is 19.0. The molecule has 1 saturated heterocycles. The van der Waals surface area contributed by atoms with Crippen LogP contribution in [-0.4, -0.2) is 41.4 Å². The summed E-state index contributed by atoms with van der Waals surface area (Å²) in [6, 6.07) is 14.3. The number of amides is 3. The van der Waals surface area contributed by atoms with Gasteiger partial charge in [0.05, 0.1) is 5.69 Å². The van der Waals surface area contributed by atoms with E-state index in [1.807, 2.05) is 25.1 Å². The molecular formula is C19H17N5O3. The van der Waals surface area contributed by atoms with E-state index in [2.05, 4.69) is 15.7 Å². The van der Waals surface area contributed by atoms with Gasteiger partial charge in [-0.1, -0.05) is 41.6 Å². The van der Waals surface area contributed by atoms with Gasteiger partial charge in [-0.2, -0.15) is 5.11 Å². The van der Waals surface area contributed by atoms with Crippen molar-refractivity contribution >= 4 is 29.1 Å². The standard InChI is InChI=1S/C19H17N5O3/c1-12-7-5-6-10-14(12)20-15(25)11-23-17-16(21-22-23)18(26)24(19(17)27)13-8-3-2-4-9-13/h2-10,16-17H,11H2,1H3,(H,20,25)/t16-,17-/m0/s1. The molecule has 0 saturated carbocycles. The first-order valence-corrected chi connectivity index (χ1v) is 8.52. The average molecular weight is 363 g/mol. The molecule has 0 aromatic heterocycles. The second-order valence-corrected chi connectivity index (χ2v) is 6.40. The number of hydrogen-bond donors (Lipinski definition) is 1. The highest BCUT2D eigenvalue weighted by molar-refractivity contribution is 6.25. The summed E-state index contributed by atoms with van der Waals surface area (Å²) in [5.74, 6) is -1.19. The minimum Gasteiger partial charge on any atom is -0.324 e. The zero-order valence-electron chi connectivity index (χ0n) is 14.6. The highest BCUT2D eigenvalue weighted by Gasteiger charge is 2.55. The zero-order valence-corrected chi connectivity index (χ0v) is 14.6. The number of para-hydroxylation sites is 2. The number of carbonyl (C=O) groups excluding carboxylic acids is 3. The first-order chi connectivity index (χ1) is 13.1. The molecule has 2 aromatic rings. The maximum atomic E-state index is 12.8. The molecule has 2 aliphatic heterocycles. The summed E-state index contributed by atoms with van der Waals surface area (Å²) in [4.78, 5) is 38.9. The van der Waals surface area contributed by atoms with Crippen LogP contribution < -0.4 is 10.2 Å². The number of aryl methyl sites for hydroxylation is 1. The summed E-state index contributed by atoms with van der Waals surface area (Å²) in [5.41, 5.74) is 2.10. The summed E-state index contributed by atoms with van der Waals surface area (Å²) < 4.78 is 0. The molecule has 1 fully saturated rings. The fraction of sp³-hybridized carbons (Fsp3) is 0.211. The van der Waals surface area contributed by atoms with Crippen molar-refractivity contribution in [1.82, 2.24) is 5.01 Å². The van der Waals surface area contributed by atoms with Crippen LogP contribution in [0.25, 0.3) is 0 Å². The Morgan fingerprint density at radius 1 is 1.04 bits per heavy atom. The van der Waals surface area contributed by atoms with Crippen molar-refractivity contribution in [3.05, 3.63) is 60.2 Å². The maximum absolute atomic E-state index is 12.8. The third-order valence-corrected chi connectivity index (χ3v) is 4.60. The van der Waals surface area contributed by atoms with Crippen molar-refractivity contribution in [2.45, 2.75) is 19.0 Å². The molecule has 8 heteroatoms. The Hall–Kier alpha value is -3.55. The first-order valence-electron chi connectivity index (χ1n) is 8.52. The Balaban J connectivity index is 1.49. The number of benzene rings is 2. The number of carbonyl (C=O) groups is 3. The maximum Gasteiger partial charge on any atom is 0.263 e. The third-order valence-electron chi connectivity index (χ3n) is 4.60. The highest BCUT2D eigenvalue weighted by Crippen LogP contribution is 2.31. The van der Waals surface area contributed by atoms with Crippen LogP contribution >= 0.6 is 0 Å². The molecule has 2 heterocycles. The molecule has 0 unspecified atom stereocenters. The van der Waals surface area contributed by atoms with Gasteiger partial charge in [0.1, 0.15) is 6.54 Å². The van der Waals surface area contributed by atoms with Gasteiger partial charge in [-0.15, -0.1) is 0 Å². The van der Waals surface area contributed by atoms with E-state index in [-0.39, 0.29) is 12.5 Å². The molecule has 0 spiro atoms. The Labute approximate surface area is 155 Å². The van der Waals surface area contributed by atoms with Gasteiger partial charge < -0.3 is 5.32 Å². The Morgan fingerprint density at radius 2 is 1.74 bits per heavy atom. The van der Waals surface area contributed by atoms with Gasteiger partial charge in [-0.05, 0) is 30.7 Å². The minimum atomic E-state index is -0.913. The van der Waals surface area contributed by atoms with Crippen molar-refractivity contribution in [1.29, 1.82) is 0 Å². The monoisotopic (exact) mass is 363 g/mol. The van der Waals surface area contributed by atoms with Crippen LogP contribution in [0.4, 0.5) is 11.4 Å². The highest BCUT2D eigenvalue weighted by atomic mass is 16.2. The number of hydrogen-bond acceptors (Lipinski definition) is 6. The van der Waals surface area contributed by atoms with Gasteiger partial charge in [0.25, 0.3) is 11.8 Å². The number of fused-ring (bicyclic) bond motifs is 1. The summed E-state index contributed by atoms with van der Waals surface area (Å²) >= 11 is 0. The predicted molar refractivity (Wildman–Crippen MR) is 97.9 cm³/mol. The number of nitrogens with one attached hydrogen (secondary N) is 1. The second-order valence-electron chi connectivity index (χ2n) is 6.40. The lowest BCUT2D eigenvalue weighted by Crippen LogP contribution is -2.43. The molecule has 0 radical (unpaired) electrons. The second kappa shape index (κ2) is 6.64. The summed E-state index contributed by atoms with van der Waals surface area (Å²) in [7, 11) is 0. The predicted octanol–water partition coefficient (Wildman–Crippen LogP) is 1.93. The molecule has 1 N–H and O–H groups in total. The quantitative estimate of drug-likeness (QED) is 0.840. The Morgan fingerprint density at radius 3 is 2.48 bits per heavy atom. The average Bonchev–Trinajstić information content (AvgIpc) is 3.18. The van der Waals surface area contributed by atoms with Crippen molar-refractivity contribution < 1.29 is 14.4 Å². The van der Waals surface area contributed by atoms with Crippen LogP contribution in [0.5, 0.6) is 0 Å². The number of nitrogens with zero attached hydrogens (tertiary/aromatic N) is 4. The van der Waals surface area contributed by atoms with E-state index >= 15 is 0 Å². The van der Waals surface area contributed by atoms with E-state index in [1.165, 1.54) is 5.01 Å². The molecule has 4 rings (SSSR count). The molecule has 0 aliphatic carbocycles. The number of imide groups is 1. The van der Waals surface area contributed by atoms with Crippen LogP contribution in [-0.2, 0) is 14.4 Å². The first kappa shape index (κ1) is 16.9. The van der Waals surface area contributed by atoms with E-state index < -0.39 is 23.9 Å². The molecule has 3 amide bonds. The van der Waals surface area contributed by atoms with E-state index in [0.29, 0.717) is 11.4 Å². The van der Waals surface area contributed by atoms with Crippen molar-refractivity contribution in [2.75, 3.05) is 16.8 Å². The van der Waals surface area contributed by atoms with Crippen LogP contribution in [0.2, 0.25) is 0 Å². The molecule has 8 nitrogen and oxygen atoms in total. The lowest BCUT2D eigenvalue weighted by atomic mass is 10.1. The van der Waals surface area contributed by atoms with Gasteiger partial charge >= 0.3 is 0 Å². The SMILES string of the molecule is Cc1ccccc1NC(=O)CN1N=N[C@@H]2C(=O)N(c3ccccc3)C(=O)[C@H]21. The van der Waals surface area contributed by atoms with Crippen molar-refractivity contribution in [3.8, 4) is 0 Å². The molecule has 2 atom stereocenters. The van der Waals surface area contributed by atoms with Gasteiger partial charge in [0.2, 0.25) is 5.91 Å². The molecule has 0 bridgehead atoms. The van der Waals surface area contributed by atoms with E-state index in [0.717, 1.165) is 10.5 Å². The molecular weight excluding hydrogens is 346 g/mol. The lowest BCUT2D eigenvalue weighted by Gasteiger charge is -2.20. The lowest BCUT2D eigenvalue weighted by molar-refractivity contribution is -0.123. The molecule has 136 valence electrons. The van der Waals surface area contributed by atoms with Gasteiger partial charge in [-0.3, -0.25) is 19.4 Å². The summed E-state index contributed by atoms with van der Waals surface area (Å²) in [5, 5.41) is 11.9. The molecule has 27 heavy (non-hydrogen) atoms. The topological polar surface area (TPSA) is 94.4 Å². The smallest absolute Gasteiger partial charge is 0.263 e. The van der Waals surface area contributed by atoms with Crippen molar-refractivity contribution in [2.24, 2.45) is 10.3 Å². The Kier molecular flexibility index (Phi) is 4.15. The van der Waals surface area contributed by atoms with Crippen LogP contribution in [0.3, 0.4) is 0 Å². The van der Waals surface area contributed by atoms with E-state index in [1.54, 1.807) is 36.4 Å². The molecule has 2 aromatic carbocycles. The fourth-order valence-electron chi connectivity index (χ4n) is 3.24. The van der Waals surface area contributed by atoms with Gasteiger partial charge in [-0.25, -0.2) is 4.90 Å². The normalized spacial score (nSPS) is 20.9. The number of rotatable bonds is 4. The van der Waals surface area contributed by atoms with Gasteiger partial charge in [0.15, 0.2) is 12.1 Å². The van der Waals surface area contributed by atoms with Crippen molar-refractivity contribution in [3.63, 3.8) is 0 Å². The fourth-order valence-corrected chi connectivity index (χ4v) is 3.24. The third kappa shape index (κ3) is 2.95. The van der Waals surface area contributed by atoms with Crippen LogP contribution in [0, 0.1) is 6.92 Å². The number of anilines is 2. The molecule has 2 aliphatic rings. The Bertz CT molecular complexity index is 943. The van der Waals surface area contributed by atoms with Gasteiger partial charge in [0, 0.05) is 5.69 Å². The summed E-state index contributed by atoms with van der Waals surface area (Å²) in [6.45, 7) is 1.72. The van der Waals surface area contributed by atoms with E-state index in [4.69, 9.17) is 0 Å². The minimum absolute atomic E-state index is 0.166.